The summed E-state index contributed by atoms with van der Waals surface area (Å²) in [6.45, 7) is 7.50. The molecule has 1 aliphatic rings. The molecular formula is C16H23NO2. The van der Waals surface area contributed by atoms with Crippen LogP contribution in [0.4, 0.5) is 0 Å². The van der Waals surface area contributed by atoms with Crippen LogP contribution in [0.3, 0.4) is 0 Å². The van der Waals surface area contributed by atoms with Crippen LogP contribution >= 0.6 is 0 Å². The highest BCUT2D eigenvalue weighted by atomic mass is 16.5. The van der Waals surface area contributed by atoms with E-state index in [1.165, 1.54) is 12.8 Å². The topological polar surface area (TPSA) is 29.5 Å². The maximum atomic E-state index is 12.2. The molecule has 2 rings (SSSR count). The third-order valence-electron chi connectivity index (χ3n) is 3.60. The first-order valence-electron chi connectivity index (χ1n) is 7.17. The Kier molecular flexibility index (Phi) is 4.97. The van der Waals surface area contributed by atoms with E-state index in [2.05, 4.69) is 11.8 Å². The van der Waals surface area contributed by atoms with Gasteiger partial charge in [0.15, 0.2) is 5.78 Å². The van der Waals surface area contributed by atoms with Crippen molar-refractivity contribution in [2.75, 3.05) is 26.2 Å². The van der Waals surface area contributed by atoms with Crippen molar-refractivity contribution < 1.29 is 9.53 Å². The third-order valence-corrected chi connectivity index (χ3v) is 3.60. The number of likely N-dealkylation sites (tertiary alicyclic amines) is 1. The largest absolute Gasteiger partial charge is 0.494 e. The molecule has 104 valence electrons. The van der Waals surface area contributed by atoms with Crippen molar-refractivity contribution in [1.29, 1.82) is 0 Å². The van der Waals surface area contributed by atoms with Gasteiger partial charge in [-0.25, -0.2) is 0 Å². The molecule has 0 aliphatic carbocycles. The van der Waals surface area contributed by atoms with E-state index in [1.54, 1.807) is 0 Å². The molecule has 1 saturated heterocycles. The second-order valence-corrected chi connectivity index (χ2v) is 5.36. The molecule has 1 aromatic rings. The van der Waals surface area contributed by atoms with Crippen LogP contribution in [0.1, 0.15) is 37.0 Å². The number of nitrogens with zero attached hydrogens (tertiary/aromatic N) is 1. The Hall–Kier alpha value is -1.35. The number of rotatable bonds is 5. The Morgan fingerprint density at radius 2 is 2.11 bits per heavy atom. The second-order valence-electron chi connectivity index (χ2n) is 5.36. The molecule has 1 heterocycles. The van der Waals surface area contributed by atoms with Crippen molar-refractivity contribution in [2.24, 2.45) is 5.92 Å². The average Bonchev–Trinajstić information content (AvgIpc) is 2.40. The van der Waals surface area contributed by atoms with Gasteiger partial charge in [0, 0.05) is 12.1 Å². The molecule has 3 nitrogen and oxygen atoms in total. The Morgan fingerprint density at radius 1 is 1.37 bits per heavy atom. The number of hydrogen-bond donors (Lipinski definition) is 0. The van der Waals surface area contributed by atoms with E-state index in [1.807, 2.05) is 31.2 Å². The summed E-state index contributed by atoms with van der Waals surface area (Å²) in [4.78, 5) is 14.5. The van der Waals surface area contributed by atoms with Crippen molar-refractivity contribution in [3.63, 3.8) is 0 Å². The van der Waals surface area contributed by atoms with Gasteiger partial charge in [-0.1, -0.05) is 6.92 Å². The molecule has 0 amide bonds. The zero-order valence-corrected chi connectivity index (χ0v) is 11.9. The summed E-state index contributed by atoms with van der Waals surface area (Å²) in [6, 6.07) is 7.46. The van der Waals surface area contributed by atoms with Gasteiger partial charge in [0.1, 0.15) is 5.75 Å². The van der Waals surface area contributed by atoms with Gasteiger partial charge in [-0.3, -0.25) is 9.69 Å². The van der Waals surface area contributed by atoms with Gasteiger partial charge >= 0.3 is 0 Å². The number of benzene rings is 1. The zero-order chi connectivity index (χ0) is 13.7. The van der Waals surface area contributed by atoms with Crippen LogP contribution in [0, 0.1) is 5.92 Å². The summed E-state index contributed by atoms with van der Waals surface area (Å²) in [5.41, 5.74) is 0.779. The lowest BCUT2D eigenvalue weighted by molar-refractivity contribution is 0.0893. The molecule has 1 atom stereocenters. The normalized spacial score (nSPS) is 20.2. The van der Waals surface area contributed by atoms with E-state index < -0.39 is 0 Å². The van der Waals surface area contributed by atoms with Gasteiger partial charge in [0.05, 0.1) is 13.2 Å². The van der Waals surface area contributed by atoms with E-state index in [4.69, 9.17) is 4.74 Å². The van der Waals surface area contributed by atoms with E-state index in [9.17, 15) is 4.79 Å². The highest BCUT2D eigenvalue weighted by Gasteiger charge is 2.19. The van der Waals surface area contributed by atoms with Crippen molar-refractivity contribution >= 4 is 5.78 Å². The van der Waals surface area contributed by atoms with Crippen molar-refractivity contribution in [1.82, 2.24) is 4.90 Å². The van der Waals surface area contributed by atoms with Gasteiger partial charge in [-0.05, 0) is 56.5 Å². The standard InChI is InChI=1S/C16H23NO2/c1-3-19-15-8-6-14(7-9-15)16(18)12-17-10-4-5-13(2)11-17/h6-9,13H,3-5,10-12H2,1-2H3/t13-/m1/s1. The monoisotopic (exact) mass is 261 g/mol. The number of ether oxygens (including phenoxy) is 1. The maximum Gasteiger partial charge on any atom is 0.176 e. The van der Waals surface area contributed by atoms with Crippen LogP contribution in [0.15, 0.2) is 24.3 Å². The lowest BCUT2D eigenvalue weighted by Crippen LogP contribution is -2.37. The first-order valence-corrected chi connectivity index (χ1v) is 7.17. The molecular weight excluding hydrogens is 238 g/mol. The number of carbonyl (C=O) groups is 1. The highest BCUT2D eigenvalue weighted by molar-refractivity contribution is 5.97. The second kappa shape index (κ2) is 6.71. The summed E-state index contributed by atoms with van der Waals surface area (Å²) >= 11 is 0. The molecule has 19 heavy (non-hydrogen) atoms. The summed E-state index contributed by atoms with van der Waals surface area (Å²) in [5, 5.41) is 0. The zero-order valence-electron chi connectivity index (χ0n) is 11.9. The van der Waals surface area contributed by atoms with Crippen LogP contribution in [-0.2, 0) is 0 Å². The number of carbonyl (C=O) groups excluding carboxylic acids is 1. The average molecular weight is 261 g/mol. The maximum absolute atomic E-state index is 12.2. The van der Waals surface area contributed by atoms with Crippen LogP contribution in [0.2, 0.25) is 0 Å². The summed E-state index contributed by atoms with van der Waals surface area (Å²) in [5.74, 6) is 1.74. The SMILES string of the molecule is CCOc1ccc(C(=O)CN2CCC[C@@H](C)C2)cc1. The molecule has 3 heteroatoms. The third kappa shape index (κ3) is 4.06. The number of Topliss-reactive ketones (excluding diaryl/α,β-unsaturated/α-hetero) is 1. The van der Waals surface area contributed by atoms with E-state index in [-0.39, 0.29) is 5.78 Å². The summed E-state index contributed by atoms with van der Waals surface area (Å²) in [6.07, 6.45) is 2.49. The summed E-state index contributed by atoms with van der Waals surface area (Å²) in [7, 11) is 0. The first kappa shape index (κ1) is 14.1. The Labute approximate surface area is 115 Å². The van der Waals surface area contributed by atoms with Gasteiger partial charge in [-0.15, -0.1) is 0 Å². The van der Waals surface area contributed by atoms with Crippen molar-refractivity contribution in [3.8, 4) is 5.75 Å². The Bertz CT molecular complexity index is 413. The molecule has 0 radical (unpaired) electrons. The minimum atomic E-state index is 0.206. The van der Waals surface area contributed by atoms with Gasteiger partial charge in [-0.2, -0.15) is 0 Å². The number of ketones is 1. The highest BCUT2D eigenvalue weighted by Crippen LogP contribution is 2.17. The minimum absolute atomic E-state index is 0.206. The first-order chi connectivity index (χ1) is 9.19. The molecule has 1 aromatic carbocycles. The molecule has 0 bridgehead atoms. The van der Waals surface area contributed by atoms with E-state index >= 15 is 0 Å². The van der Waals surface area contributed by atoms with Gasteiger partial charge in [0.2, 0.25) is 0 Å². The Balaban J connectivity index is 1.91. The number of hydrogen-bond acceptors (Lipinski definition) is 3. The minimum Gasteiger partial charge on any atom is -0.494 e. The van der Waals surface area contributed by atoms with Crippen molar-refractivity contribution in [2.45, 2.75) is 26.7 Å². The van der Waals surface area contributed by atoms with Crippen molar-refractivity contribution in [3.05, 3.63) is 29.8 Å². The van der Waals surface area contributed by atoms with Gasteiger partial charge < -0.3 is 4.74 Å². The molecule has 0 unspecified atom stereocenters. The van der Waals surface area contributed by atoms with Crippen LogP contribution in [-0.4, -0.2) is 36.9 Å². The molecule has 0 spiro atoms. The van der Waals surface area contributed by atoms with Crippen LogP contribution in [0.5, 0.6) is 5.75 Å². The molecule has 1 fully saturated rings. The quantitative estimate of drug-likeness (QED) is 0.763. The fourth-order valence-electron chi connectivity index (χ4n) is 2.63. The lowest BCUT2D eigenvalue weighted by Gasteiger charge is -2.30. The molecule has 0 N–H and O–H groups in total. The predicted molar refractivity (Wildman–Crippen MR) is 76.8 cm³/mol. The molecule has 0 saturated carbocycles. The fourth-order valence-corrected chi connectivity index (χ4v) is 2.63. The molecule has 0 aromatic heterocycles. The number of piperidine rings is 1. The lowest BCUT2D eigenvalue weighted by atomic mass is 9.99. The summed E-state index contributed by atoms with van der Waals surface area (Å²) < 4.78 is 5.38. The van der Waals surface area contributed by atoms with Gasteiger partial charge in [0.25, 0.3) is 0 Å². The Morgan fingerprint density at radius 3 is 2.74 bits per heavy atom. The van der Waals surface area contributed by atoms with E-state index in [0.29, 0.717) is 19.1 Å². The van der Waals surface area contributed by atoms with Crippen LogP contribution < -0.4 is 4.74 Å². The fraction of sp³-hybridized carbons (Fsp3) is 0.562. The smallest absolute Gasteiger partial charge is 0.176 e. The predicted octanol–water partition coefficient (Wildman–Crippen LogP) is 3.00. The van der Waals surface area contributed by atoms with Crippen LogP contribution in [0.25, 0.3) is 0 Å². The van der Waals surface area contributed by atoms with E-state index in [0.717, 1.165) is 24.4 Å². The molecule has 1 aliphatic heterocycles.